The van der Waals surface area contributed by atoms with E-state index < -0.39 is 9.04 Å². The molecule has 0 N–H and O–H groups in total. The van der Waals surface area contributed by atoms with Crippen LogP contribution in [0.1, 0.15) is 41.0 Å². The molecule has 0 radical (unpaired) electrons. The van der Waals surface area contributed by atoms with Crippen LogP contribution in [0.5, 0.6) is 0 Å². The Hall–Kier alpha value is 0.177. The summed E-state index contributed by atoms with van der Waals surface area (Å²) in [5, 5.41) is 0. The predicted octanol–water partition coefficient (Wildman–Crippen LogP) is 2.96. The van der Waals surface area contributed by atoms with Crippen LogP contribution in [-0.2, 0) is 4.43 Å². The zero-order chi connectivity index (χ0) is 8.91. The van der Waals surface area contributed by atoms with Crippen molar-refractivity contribution in [3.05, 3.63) is 0 Å². The largest absolute Gasteiger partial charge is 0.415 e. The molecule has 0 aromatic rings. The smallest absolute Gasteiger partial charge is 0.177 e. The van der Waals surface area contributed by atoms with Gasteiger partial charge in [0, 0.05) is 5.60 Å². The standard InChI is InChI=1S/C9H22OSi/c1-6-8-11(7-2)10-9(3,4)5/h11H,6-8H2,1-5H3. The molecule has 0 fully saturated rings. The number of hydrogen-bond donors (Lipinski definition) is 0. The van der Waals surface area contributed by atoms with E-state index in [0.29, 0.717) is 0 Å². The highest BCUT2D eigenvalue weighted by atomic mass is 28.3. The van der Waals surface area contributed by atoms with Crippen LogP contribution in [-0.4, -0.2) is 14.6 Å². The zero-order valence-electron chi connectivity index (χ0n) is 8.61. The second-order valence-corrected chi connectivity index (χ2v) is 6.92. The topological polar surface area (TPSA) is 9.23 Å². The maximum atomic E-state index is 5.97. The van der Waals surface area contributed by atoms with Crippen LogP contribution in [0.25, 0.3) is 0 Å². The Bertz CT molecular complexity index is 96.2. The van der Waals surface area contributed by atoms with Crippen LogP contribution in [0, 0.1) is 0 Å². The van der Waals surface area contributed by atoms with Crippen LogP contribution in [0.15, 0.2) is 0 Å². The molecule has 11 heavy (non-hydrogen) atoms. The van der Waals surface area contributed by atoms with Gasteiger partial charge in [-0.1, -0.05) is 20.3 Å². The van der Waals surface area contributed by atoms with E-state index in [1.165, 1.54) is 18.5 Å². The molecule has 0 aromatic heterocycles. The Kier molecular flexibility index (Phi) is 5.02. The first-order chi connectivity index (χ1) is 4.99. The van der Waals surface area contributed by atoms with Gasteiger partial charge in [0.1, 0.15) is 0 Å². The summed E-state index contributed by atoms with van der Waals surface area (Å²) in [6, 6.07) is 2.60. The van der Waals surface area contributed by atoms with E-state index in [9.17, 15) is 0 Å². The summed E-state index contributed by atoms with van der Waals surface area (Å²) in [4.78, 5) is 0. The SMILES string of the molecule is CCC[SiH](CC)OC(C)(C)C. The fraction of sp³-hybridized carbons (Fsp3) is 1.00. The average Bonchev–Trinajstić information content (AvgIpc) is 1.84. The molecule has 0 aliphatic carbocycles. The summed E-state index contributed by atoms with van der Waals surface area (Å²) < 4.78 is 5.97. The molecule has 0 spiro atoms. The van der Waals surface area contributed by atoms with E-state index in [2.05, 4.69) is 34.6 Å². The molecular weight excluding hydrogens is 152 g/mol. The van der Waals surface area contributed by atoms with Gasteiger partial charge in [0.2, 0.25) is 0 Å². The molecule has 0 heterocycles. The molecule has 1 nitrogen and oxygen atoms in total. The van der Waals surface area contributed by atoms with Gasteiger partial charge >= 0.3 is 0 Å². The second kappa shape index (κ2) is 4.94. The highest BCUT2D eigenvalue weighted by Gasteiger charge is 2.17. The summed E-state index contributed by atoms with van der Waals surface area (Å²) in [5.74, 6) is 0. The Morgan fingerprint density at radius 3 is 2.00 bits per heavy atom. The lowest BCUT2D eigenvalue weighted by Crippen LogP contribution is -2.29. The Labute approximate surface area is 72.9 Å². The maximum absolute atomic E-state index is 5.97. The van der Waals surface area contributed by atoms with Gasteiger partial charge in [0.05, 0.1) is 0 Å². The van der Waals surface area contributed by atoms with Gasteiger partial charge in [-0.25, -0.2) is 0 Å². The lowest BCUT2D eigenvalue weighted by atomic mass is 10.2. The maximum Gasteiger partial charge on any atom is 0.177 e. The molecule has 0 aromatic carbocycles. The fourth-order valence-electron chi connectivity index (χ4n) is 1.17. The van der Waals surface area contributed by atoms with E-state index in [1.54, 1.807) is 0 Å². The van der Waals surface area contributed by atoms with Gasteiger partial charge in [-0.15, -0.1) is 0 Å². The molecule has 0 rings (SSSR count). The number of rotatable bonds is 4. The fourth-order valence-corrected chi connectivity index (χ4v) is 3.51. The molecule has 0 aliphatic heterocycles. The van der Waals surface area contributed by atoms with Gasteiger partial charge in [0.15, 0.2) is 9.04 Å². The Morgan fingerprint density at radius 2 is 1.73 bits per heavy atom. The van der Waals surface area contributed by atoms with E-state index in [-0.39, 0.29) is 5.60 Å². The minimum atomic E-state index is -0.838. The van der Waals surface area contributed by atoms with Crippen molar-refractivity contribution in [3.63, 3.8) is 0 Å². The number of hydrogen-bond acceptors (Lipinski definition) is 1. The van der Waals surface area contributed by atoms with Crippen LogP contribution < -0.4 is 0 Å². The summed E-state index contributed by atoms with van der Waals surface area (Å²) in [7, 11) is -0.838. The first-order valence-electron chi connectivity index (χ1n) is 4.67. The minimum Gasteiger partial charge on any atom is -0.415 e. The van der Waals surface area contributed by atoms with Crippen molar-refractivity contribution in [1.82, 2.24) is 0 Å². The minimum absolute atomic E-state index is 0.0854. The molecule has 0 saturated carbocycles. The van der Waals surface area contributed by atoms with E-state index in [0.717, 1.165) is 0 Å². The lowest BCUT2D eigenvalue weighted by Gasteiger charge is -2.26. The third-order valence-electron chi connectivity index (χ3n) is 1.59. The third-order valence-corrected chi connectivity index (χ3v) is 4.76. The van der Waals surface area contributed by atoms with E-state index in [1.807, 2.05) is 0 Å². The summed E-state index contributed by atoms with van der Waals surface area (Å²) in [6.45, 7) is 10.9. The second-order valence-electron chi connectivity index (χ2n) is 4.05. The predicted molar refractivity (Wildman–Crippen MR) is 53.6 cm³/mol. The monoisotopic (exact) mass is 174 g/mol. The molecule has 1 atom stereocenters. The van der Waals surface area contributed by atoms with Crippen molar-refractivity contribution in [1.29, 1.82) is 0 Å². The summed E-state index contributed by atoms with van der Waals surface area (Å²) in [5.41, 5.74) is 0.0854. The van der Waals surface area contributed by atoms with Crippen molar-refractivity contribution in [3.8, 4) is 0 Å². The van der Waals surface area contributed by atoms with Gasteiger partial charge in [-0.2, -0.15) is 0 Å². The van der Waals surface area contributed by atoms with Gasteiger partial charge in [-0.05, 0) is 32.9 Å². The molecule has 0 saturated heterocycles. The van der Waals surface area contributed by atoms with Crippen LogP contribution in [0.4, 0.5) is 0 Å². The highest BCUT2D eigenvalue weighted by Crippen LogP contribution is 2.14. The van der Waals surface area contributed by atoms with E-state index >= 15 is 0 Å². The van der Waals surface area contributed by atoms with Crippen molar-refractivity contribution in [2.24, 2.45) is 0 Å². The van der Waals surface area contributed by atoms with Crippen LogP contribution in [0.3, 0.4) is 0 Å². The van der Waals surface area contributed by atoms with Crippen molar-refractivity contribution >= 4 is 9.04 Å². The van der Waals surface area contributed by atoms with Crippen molar-refractivity contribution in [2.75, 3.05) is 0 Å². The Morgan fingerprint density at radius 1 is 1.18 bits per heavy atom. The van der Waals surface area contributed by atoms with Gasteiger partial charge in [0.25, 0.3) is 0 Å². The van der Waals surface area contributed by atoms with Crippen molar-refractivity contribution < 1.29 is 4.43 Å². The molecule has 68 valence electrons. The summed E-state index contributed by atoms with van der Waals surface area (Å²) >= 11 is 0. The first kappa shape index (κ1) is 11.2. The molecular formula is C9H22OSi. The lowest BCUT2D eigenvalue weighted by molar-refractivity contribution is 0.128. The molecule has 2 heteroatoms. The molecule has 0 amide bonds. The normalized spacial score (nSPS) is 15.0. The zero-order valence-corrected chi connectivity index (χ0v) is 9.76. The molecule has 0 aliphatic rings. The highest BCUT2D eigenvalue weighted by molar-refractivity contribution is 6.51. The van der Waals surface area contributed by atoms with E-state index in [4.69, 9.17) is 4.43 Å². The Balaban J connectivity index is 3.68. The summed E-state index contributed by atoms with van der Waals surface area (Å²) in [6.07, 6.45) is 1.28. The van der Waals surface area contributed by atoms with Crippen LogP contribution in [0.2, 0.25) is 12.1 Å². The first-order valence-corrected chi connectivity index (χ1v) is 6.77. The molecule has 0 bridgehead atoms. The third kappa shape index (κ3) is 6.57. The van der Waals surface area contributed by atoms with Crippen molar-refractivity contribution in [2.45, 2.75) is 58.7 Å². The van der Waals surface area contributed by atoms with Gasteiger partial charge in [-0.3, -0.25) is 0 Å². The quantitative estimate of drug-likeness (QED) is 0.595. The van der Waals surface area contributed by atoms with Crippen LogP contribution >= 0.6 is 0 Å². The average molecular weight is 174 g/mol. The van der Waals surface area contributed by atoms with Gasteiger partial charge < -0.3 is 4.43 Å². The molecule has 1 unspecified atom stereocenters.